The number of alkyl halides is 1. The van der Waals surface area contributed by atoms with E-state index >= 15 is 0 Å². The fourth-order valence-corrected chi connectivity index (χ4v) is 2.83. The molecular formula is C12H16BrNO2. The zero-order valence-corrected chi connectivity index (χ0v) is 10.8. The molecule has 88 valence electrons. The summed E-state index contributed by atoms with van der Waals surface area (Å²) in [5.41, 5.74) is 0.248. The van der Waals surface area contributed by atoms with Crippen LogP contribution in [0.15, 0.2) is 29.2 Å². The zero-order chi connectivity index (χ0) is 11.4. The lowest BCUT2D eigenvalue weighted by atomic mass is 9.82. The van der Waals surface area contributed by atoms with Gasteiger partial charge in [-0.25, -0.2) is 0 Å². The fraction of sp³-hybridized carbons (Fsp3) is 0.583. The molecule has 16 heavy (non-hydrogen) atoms. The smallest absolute Gasteiger partial charge is 0.250 e. The monoisotopic (exact) mass is 285 g/mol. The van der Waals surface area contributed by atoms with E-state index in [1.54, 1.807) is 16.7 Å². The molecule has 0 amide bonds. The highest BCUT2D eigenvalue weighted by atomic mass is 79.9. The van der Waals surface area contributed by atoms with Crippen LogP contribution in [-0.4, -0.2) is 23.1 Å². The zero-order valence-electron chi connectivity index (χ0n) is 9.19. The minimum absolute atomic E-state index is 0.0781. The van der Waals surface area contributed by atoms with Gasteiger partial charge < -0.3 is 9.30 Å². The molecule has 2 rings (SSSR count). The number of nitrogens with zero attached hydrogens (tertiary/aromatic N) is 1. The van der Waals surface area contributed by atoms with Gasteiger partial charge in [0.2, 0.25) is 0 Å². The lowest BCUT2D eigenvalue weighted by Gasteiger charge is -2.36. The van der Waals surface area contributed by atoms with Gasteiger partial charge in [-0.15, -0.1) is 0 Å². The van der Waals surface area contributed by atoms with E-state index in [1.165, 1.54) is 0 Å². The molecule has 0 radical (unpaired) electrons. The van der Waals surface area contributed by atoms with Crippen LogP contribution in [0.25, 0.3) is 0 Å². The highest BCUT2D eigenvalue weighted by molar-refractivity contribution is 9.09. The van der Waals surface area contributed by atoms with E-state index in [4.69, 9.17) is 4.74 Å². The molecule has 0 atom stereocenters. The molecule has 0 spiro atoms. The van der Waals surface area contributed by atoms with Gasteiger partial charge in [0.05, 0.1) is 0 Å². The predicted octanol–water partition coefficient (Wildman–Crippen LogP) is 2.04. The summed E-state index contributed by atoms with van der Waals surface area (Å²) in [6.07, 6.45) is 3.89. The highest BCUT2D eigenvalue weighted by Gasteiger charge is 2.32. The Labute approximate surface area is 104 Å². The van der Waals surface area contributed by atoms with E-state index in [0.29, 0.717) is 0 Å². The lowest BCUT2D eigenvalue weighted by Crippen LogP contribution is -2.38. The molecule has 1 saturated heterocycles. The SMILES string of the molecule is O=c1ccccn1CC1(CBr)CCOCC1. The summed E-state index contributed by atoms with van der Waals surface area (Å²) < 4.78 is 7.18. The fourth-order valence-electron chi connectivity index (χ4n) is 2.09. The molecule has 1 aromatic rings. The van der Waals surface area contributed by atoms with Gasteiger partial charge in [0.25, 0.3) is 5.56 Å². The first-order valence-corrected chi connectivity index (χ1v) is 6.67. The van der Waals surface area contributed by atoms with E-state index in [2.05, 4.69) is 15.9 Å². The second-order valence-corrected chi connectivity index (χ2v) is 4.97. The van der Waals surface area contributed by atoms with Crippen LogP contribution in [0, 0.1) is 5.41 Å². The van der Waals surface area contributed by atoms with Crippen molar-refractivity contribution in [2.45, 2.75) is 19.4 Å². The van der Waals surface area contributed by atoms with Crippen LogP contribution in [0.3, 0.4) is 0 Å². The van der Waals surface area contributed by atoms with E-state index in [-0.39, 0.29) is 11.0 Å². The molecule has 1 aromatic heterocycles. The van der Waals surface area contributed by atoms with Crippen LogP contribution in [-0.2, 0) is 11.3 Å². The quantitative estimate of drug-likeness (QED) is 0.796. The maximum absolute atomic E-state index is 11.7. The molecule has 0 unspecified atom stereocenters. The average Bonchev–Trinajstić information content (AvgIpc) is 2.33. The third-order valence-corrected chi connectivity index (χ3v) is 4.43. The number of rotatable bonds is 3. The first-order valence-electron chi connectivity index (χ1n) is 5.55. The van der Waals surface area contributed by atoms with Gasteiger partial charge in [-0.1, -0.05) is 22.0 Å². The number of halogens is 1. The second-order valence-electron chi connectivity index (χ2n) is 4.41. The van der Waals surface area contributed by atoms with Gasteiger partial charge in [-0.05, 0) is 18.9 Å². The van der Waals surface area contributed by atoms with E-state index in [9.17, 15) is 4.79 Å². The number of ether oxygens (including phenoxy) is 1. The Morgan fingerprint density at radius 2 is 2.12 bits per heavy atom. The molecular weight excluding hydrogens is 270 g/mol. The van der Waals surface area contributed by atoms with Gasteiger partial charge in [0, 0.05) is 42.8 Å². The Bertz CT molecular complexity index is 396. The van der Waals surface area contributed by atoms with Crippen molar-refractivity contribution in [3.8, 4) is 0 Å². The normalized spacial score (nSPS) is 19.6. The first kappa shape index (κ1) is 11.9. The molecule has 4 heteroatoms. The Hall–Kier alpha value is -0.610. The van der Waals surface area contributed by atoms with Crippen molar-refractivity contribution < 1.29 is 4.74 Å². The Balaban J connectivity index is 2.18. The molecule has 3 nitrogen and oxygen atoms in total. The maximum atomic E-state index is 11.7. The largest absolute Gasteiger partial charge is 0.381 e. The summed E-state index contributed by atoms with van der Waals surface area (Å²) in [4.78, 5) is 11.7. The van der Waals surface area contributed by atoms with Gasteiger partial charge in [-0.2, -0.15) is 0 Å². The molecule has 0 aromatic carbocycles. The summed E-state index contributed by atoms with van der Waals surface area (Å²) in [6, 6.07) is 5.30. The Kier molecular flexibility index (Phi) is 3.82. The minimum Gasteiger partial charge on any atom is -0.381 e. The van der Waals surface area contributed by atoms with Crippen molar-refractivity contribution in [3.63, 3.8) is 0 Å². The summed E-state index contributed by atoms with van der Waals surface area (Å²) in [7, 11) is 0. The summed E-state index contributed by atoms with van der Waals surface area (Å²) >= 11 is 3.58. The molecule has 1 fully saturated rings. The van der Waals surface area contributed by atoms with Crippen molar-refractivity contribution in [2.75, 3.05) is 18.5 Å². The van der Waals surface area contributed by atoms with Crippen LogP contribution in [0.1, 0.15) is 12.8 Å². The highest BCUT2D eigenvalue weighted by Crippen LogP contribution is 2.33. The second kappa shape index (κ2) is 5.15. The Morgan fingerprint density at radius 1 is 1.38 bits per heavy atom. The molecule has 1 aliphatic rings. The molecule has 0 N–H and O–H groups in total. The van der Waals surface area contributed by atoms with Gasteiger partial charge in [-0.3, -0.25) is 4.79 Å². The van der Waals surface area contributed by atoms with E-state index in [0.717, 1.165) is 37.9 Å². The van der Waals surface area contributed by atoms with Crippen molar-refractivity contribution >= 4 is 15.9 Å². The topological polar surface area (TPSA) is 31.2 Å². The maximum Gasteiger partial charge on any atom is 0.250 e. The summed E-state index contributed by atoms with van der Waals surface area (Å²) in [6.45, 7) is 2.38. The van der Waals surface area contributed by atoms with Crippen molar-refractivity contribution in [1.82, 2.24) is 4.57 Å². The van der Waals surface area contributed by atoms with Gasteiger partial charge in [0.1, 0.15) is 0 Å². The number of hydrogen-bond donors (Lipinski definition) is 0. The van der Waals surface area contributed by atoms with Gasteiger partial charge in [0.15, 0.2) is 0 Å². The molecule has 0 aliphatic carbocycles. The van der Waals surface area contributed by atoms with E-state index < -0.39 is 0 Å². The van der Waals surface area contributed by atoms with Crippen LogP contribution in [0.5, 0.6) is 0 Å². The third kappa shape index (κ3) is 2.55. The Morgan fingerprint density at radius 3 is 2.75 bits per heavy atom. The van der Waals surface area contributed by atoms with Crippen molar-refractivity contribution in [3.05, 3.63) is 34.7 Å². The number of pyridine rings is 1. The molecule has 2 heterocycles. The standard InChI is InChI=1S/C12H16BrNO2/c13-9-12(4-7-16-8-5-12)10-14-6-2-1-3-11(14)15/h1-3,6H,4-5,7-10H2. The van der Waals surface area contributed by atoms with Crippen molar-refractivity contribution in [1.29, 1.82) is 0 Å². The summed E-state index contributed by atoms with van der Waals surface area (Å²) in [5.74, 6) is 0. The van der Waals surface area contributed by atoms with E-state index in [1.807, 2.05) is 12.3 Å². The average molecular weight is 286 g/mol. The molecule has 1 aliphatic heterocycles. The lowest BCUT2D eigenvalue weighted by molar-refractivity contribution is 0.0181. The summed E-state index contributed by atoms with van der Waals surface area (Å²) in [5, 5.41) is 0.921. The third-order valence-electron chi connectivity index (χ3n) is 3.24. The molecule has 0 bridgehead atoms. The van der Waals surface area contributed by atoms with Crippen LogP contribution in [0.2, 0.25) is 0 Å². The first-order chi connectivity index (χ1) is 7.76. The van der Waals surface area contributed by atoms with Gasteiger partial charge >= 0.3 is 0 Å². The predicted molar refractivity (Wildman–Crippen MR) is 67.0 cm³/mol. The number of hydrogen-bond acceptors (Lipinski definition) is 2. The minimum atomic E-state index is 0.0781. The van der Waals surface area contributed by atoms with Crippen LogP contribution in [0.4, 0.5) is 0 Å². The van der Waals surface area contributed by atoms with Crippen LogP contribution >= 0.6 is 15.9 Å². The van der Waals surface area contributed by atoms with Crippen LogP contribution < -0.4 is 5.56 Å². The molecule has 0 saturated carbocycles. The number of aromatic nitrogens is 1. The van der Waals surface area contributed by atoms with Crippen molar-refractivity contribution in [2.24, 2.45) is 5.41 Å².